The van der Waals surface area contributed by atoms with Crippen molar-refractivity contribution in [2.75, 3.05) is 0 Å². The number of ether oxygens (including phenoxy) is 1. The van der Waals surface area contributed by atoms with Gasteiger partial charge in [0.05, 0.1) is 22.9 Å². The van der Waals surface area contributed by atoms with Crippen LogP contribution in [0.3, 0.4) is 0 Å². The fraction of sp³-hybridized carbons (Fsp3) is 0.400. The van der Waals surface area contributed by atoms with E-state index in [9.17, 15) is 23.9 Å². The van der Waals surface area contributed by atoms with Gasteiger partial charge in [-0.25, -0.2) is 9.49 Å². The van der Waals surface area contributed by atoms with Gasteiger partial charge in [0.1, 0.15) is 17.6 Å². The molecule has 40 heavy (non-hydrogen) atoms. The molecule has 10 heteroatoms. The molecule has 5 rings (SSSR count). The first-order chi connectivity index (χ1) is 18.8. The van der Waals surface area contributed by atoms with Gasteiger partial charge in [0.2, 0.25) is 5.91 Å². The van der Waals surface area contributed by atoms with Crippen LogP contribution >= 0.6 is 0 Å². The molecule has 3 atom stereocenters. The lowest BCUT2D eigenvalue weighted by molar-refractivity contribution is -0.138. The lowest BCUT2D eigenvalue weighted by atomic mass is 9.82. The number of fused-ring (bicyclic) bond motifs is 1. The highest BCUT2D eigenvalue weighted by Gasteiger charge is 2.61. The number of aromatic amines is 1. The van der Waals surface area contributed by atoms with E-state index in [2.05, 4.69) is 15.5 Å². The fourth-order valence-corrected chi connectivity index (χ4v) is 6.16. The second-order valence-corrected chi connectivity index (χ2v) is 11.4. The minimum Gasteiger partial charge on any atom is -0.451 e. The molecular formula is C30H33FN4O5. The Morgan fingerprint density at radius 2 is 1.88 bits per heavy atom. The Morgan fingerprint density at radius 3 is 2.58 bits per heavy atom. The van der Waals surface area contributed by atoms with Gasteiger partial charge in [-0.05, 0) is 94.5 Å². The van der Waals surface area contributed by atoms with Gasteiger partial charge in [-0.3, -0.25) is 14.4 Å². The number of hydrogen-bond donors (Lipinski definition) is 3. The average Bonchev–Trinajstić information content (AvgIpc) is 3.40. The van der Waals surface area contributed by atoms with E-state index < -0.39 is 40.5 Å². The highest BCUT2D eigenvalue weighted by molar-refractivity contribution is 5.99. The summed E-state index contributed by atoms with van der Waals surface area (Å²) in [4.78, 5) is 40.9. The van der Waals surface area contributed by atoms with Crippen LogP contribution in [0.2, 0.25) is 0 Å². The SMILES string of the molecule is Cc1cc(Oc2ccc(C(=O)N[C@H]3C[C@@]4(c5cc(F)ccc5C)CC[C@H](C(C)(C)O)N4C3=O)cc2C)c(=O)[nH]n1. The quantitative estimate of drug-likeness (QED) is 0.431. The van der Waals surface area contributed by atoms with Crippen LogP contribution in [0.5, 0.6) is 11.5 Å². The summed E-state index contributed by atoms with van der Waals surface area (Å²) >= 11 is 0. The molecular weight excluding hydrogens is 515 g/mol. The molecule has 0 spiro atoms. The molecule has 0 unspecified atom stereocenters. The van der Waals surface area contributed by atoms with Crippen LogP contribution in [0.1, 0.15) is 65.9 Å². The Bertz CT molecular complexity index is 1560. The molecule has 1 aromatic heterocycles. The van der Waals surface area contributed by atoms with E-state index in [1.54, 1.807) is 56.9 Å². The largest absolute Gasteiger partial charge is 0.451 e. The minimum absolute atomic E-state index is 0.0873. The van der Waals surface area contributed by atoms with E-state index in [0.29, 0.717) is 41.0 Å². The second kappa shape index (κ2) is 9.85. The van der Waals surface area contributed by atoms with E-state index in [1.807, 2.05) is 6.92 Å². The van der Waals surface area contributed by atoms with Crippen LogP contribution < -0.4 is 15.6 Å². The van der Waals surface area contributed by atoms with Crippen LogP contribution in [-0.2, 0) is 10.3 Å². The third-order valence-corrected chi connectivity index (χ3v) is 8.06. The molecule has 3 heterocycles. The lowest BCUT2D eigenvalue weighted by Gasteiger charge is -2.40. The molecule has 2 aromatic carbocycles. The van der Waals surface area contributed by atoms with Gasteiger partial charge >= 0.3 is 5.56 Å². The van der Waals surface area contributed by atoms with E-state index in [4.69, 9.17) is 4.74 Å². The maximum absolute atomic E-state index is 14.4. The number of aryl methyl sites for hydroxylation is 3. The summed E-state index contributed by atoms with van der Waals surface area (Å²) in [5, 5.41) is 20.0. The summed E-state index contributed by atoms with van der Waals surface area (Å²) in [5.41, 5.74) is 0.574. The number of nitrogens with one attached hydrogen (secondary N) is 2. The zero-order valence-electron chi connectivity index (χ0n) is 23.2. The van der Waals surface area contributed by atoms with Gasteiger partial charge in [-0.1, -0.05) is 6.07 Å². The van der Waals surface area contributed by atoms with Gasteiger partial charge in [0.25, 0.3) is 5.91 Å². The fourth-order valence-electron chi connectivity index (χ4n) is 6.16. The standard InChI is InChI=1S/C30H33FN4O5/c1-16-6-8-20(31)14-21(16)30-11-10-25(29(4,5)39)35(30)28(38)22(15-30)32-26(36)19-7-9-23(17(2)12-19)40-24-13-18(3)33-34-27(24)37/h6-9,12-14,22,25,39H,10-11,15H2,1-5H3,(H,32,36)(H,34,37)/t22-,25+,30+/m0/s1. The molecule has 2 aliphatic heterocycles. The Labute approximate surface area is 231 Å². The van der Waals surface area contributed by atoms with Crippen molar-refractivity contribution < 1.29 is 23.8 Å². The van der Waals surface area contributed by atoms with Crippen molar-refractivity contribution in [1.82, 2.24) is 20.4 Å². The summed E-state index contributed by atoms with van der Waals surface area (Å²) in [6, 6.07) is 9.51. The molecule has 210 valence electrons. The van der Waals surface area contributed by atoms with Crippen molar-refractivity contribution in [1.29, 1.82) is 0 Å². The molecule has 0 saturated carbocycles. The summed E-state index contributed by atoms with van der Waals surface area (Å²) < 4.78 is 20.2. The smallest absolute Gasteiger partial charge is 0.307 e. The Morgan fingerprint density at radius 1 is 1.12 bits per heavy atom. The maximum Gasteiger partial charge on any atom is 0.307 e. The van der Waals surface area contributed by atoms with Gasteiger partial charge in [-0.2, -0.15) is 5.10 Å². The number of hydrogen-bond acceptors (Lipinski definition) is 6. The number of nitrogens with zero attached hydrogens (tertiary/aromatic N) is 2. The van der Waals surface area contributed by atoms with Gasteiger partial charge in [-0.15, -0.1) is 0 Å². The molecule has 0 bridgehead atoms. The van der Waals surface area contributed by atoms with Crippen molar-refractivity contribution in [3.8, 4) is 11.5 Å². The highest BCUT2D eigenvalue weighted by atomic mass is 19.1. The van der Waals surface area contributed by atoms with E-state index in [0.717, 1.165) is 5.56 Å². The predicted octanol–water partition coefficient (Wildman–Crippen LogP) is 3.79. The number of rotatable bonds is 6. The first kappa shape index (κ1) is 27.5. The molecule has 2 fully saturated rings. The number of benzene rings is 2. The number of amides is 2. The van der Waals surface area contributed by atoms with Crippen molar-refractivity contribution in [3.63, 3.8) is 0 Å². The number of carbonyl (C=O) groups excluding carboxylic acids is 2. The first-order valence-electron chi connectivity index (χ1n) is 13.3. The number of H-pyrrole nitrogens is 1. The number of aromatic nitrogens is 2. The van der Waals surface area contributed by atoms with Crippen molar-refractivity contribution in [2.45, 2.75) is 77.1 Å². The van der Waals surface area contributed by atoms with E-state index >= 15 is 0 Å². The maximum atomic E-state index is 14.4. The average molecular weight is 549 g/mol. The lowest BCUT2D eigenvalue weighted by Crippen LogP contribution is -2.53. The minimum atomic E-state index is -1.18. The molecule has 9 nitrogen and oxygen atoms in total. The van der Waals surface area contributed by atoms with Crippen LogP contribution in [0.25, 0.3) is 0 Å². The number of halogens is 1. The summed E-state index contributed by atoms with van der Waals surface area (Å²) in [5.74, 6) is -0.658. The van der Waals surface area contributed by atoms with Gasteiger partial charge < -0.3 is 20.1 Å². The Kier molecular flexibility index (Phi) is 6.78. The van der Waals surface area contributed by atoms with Gasteiger partial charge in [0, 0.05) is 18.1 Å². The van der Waals surface area contributed by atoms with Crippen LogP contribution in [0, 0.1) is 26.6 Å². The summed E-state index contributed by atoms with van der Waals surface area (Å²) in [6.07, 6.45) is 1.37. The third-order valence-electron chi connectivity index (χ3n) is 8.06. The highest BCUT2D eigenvalue weighted by Crippen LogP contribution is 2.53. The zero-order valence-corrected chi connectivity index (χ0v) is 23.2. The van der Waals surface area contributed by atoms with Crippen molar-refractivity contribution in [2.24, 2.45) is 0 Å². The van der Waals surface area contributed by atoms with E-state index in [-0.39, 0.29) is 18.1 Å². The zero-order chi connectivity index (χ0) is 29.0. The molecule has 3 aromatic rings. The Balaban J connectivity index is 1.41. The van der Waals surface area contributed by atoms with Crippen LogP contribution in [0.15, 0.2) is 47.3 Å². The molecule has 2 amide bonds. The summed E-state index contributed by atoms with van der Waals surface area (Å²) in [7, 11) is 0. The number of carbonyl (C=O) groups is 2. The monoisotopic (exact) mass is 548 g/mol. The Hall–Kier alpha value is -4.05. The van der Waals surface area contributed by atoms with E-state index in [1.165, 1.54) is 18.2 Å². The van der Waals surface area contributed by atoms with Crippen molar-refractivity contribution in [3.05, 3.63) is 86.6 Å². The topological polar surface area (TPSA) is 125 Å². The van der Waals surface area contributed by atoms with Crippen LogP contribution in [-0.4, -0.2) is 49.7 Å². The van der Waals surface area contributed by atoms with Gasteiger partial charge in [0.15, 0.2) is 5.75 Å². The second-order valence-electron chi connectivity index (χ2n) is 11.4. The number of aliphatic hydroxyl groups is 1. The van der Waals surface area contributed by atoms with Crippen molar-refractivity contribution >= 4 is 11.8 Å². The van der Waals surface area contributed by atoms with Crippen LogP contribution in [0.4, 0.5) is 4.39 Å². The first-order valence-corrected chi connectivity index (χ1v) is 13.3. The summed E-state index contributed by atoms with van der Waals surface area (Å²) in [6.45, 7) is 8.68. The molecule has 0 radical (unpaired) electrons. The molecule has 3 N–H and O–H groups in total. The normalized spacial score (nSPS) is 22.4. The predicted molar refractivity (Wildman–Crippen MR) is 146 cm³/mol. The molecule has 2 saturated heterocycles. The molecule has 0 aliphatic carbocycles. The third kappa shape index (κ3) is 4.77. The molecule has 2 aliphatic rings.